The van der Waals surface area contributed by atoms with Gasteiger partial charge in [0.2, 0.25) is 0 Å². The maximum absolute atomic E-state index is 12.2. The Morgan fingerprint density at radius 1 is 1.19 bits per heavy atom. The highest BCUT2D eigenvalue weighted by atomic mass is 16.3. The van der Waals surface area contributed by atoms with Crippen molar-refractivity contribution >= 4 is 0 Å². The highest BCUT2D eigenvalue weighted by molar-refractivity contribution is 5.25. The maximum atomic E-state index is 12.2. The molecule has 0 aliphatic heterocycles. The van der Waals surface area contributed by atoms with E-state index < -0.39 is 5.54 Å². The molecular weight excluding hydrogens is 382 g/mol. The Bertz CT molecular complexity index is 672. The minimum Gasteiger partial charge on any atom is -0.393 e. The van der Waals surface area contributed by atoms with E-state index in [1.54, 1.807) is 0 Å². The SMILES string of the molecule is CC(C)CCCCC(C)(N=O)C(C)[C@@]1(C)CCC2C(CC=C3C[C@@H](O)CC[C@@]32C)C1C. The number of fused-ring (bicyclic) bond motifs is 3. The Labute approximate surface area is 191 Å². The lowest BCUT2D eigenvalue weighted by Crippen LogP contribution is -2.54. The number of hydrogen-bond acceptors (Lipinski definition) is 3. The fourth-order valence-corrected chi connectivity index (χ4v) is 7.84. The lowest BCUT2D eigenvalue weighted by Gasteiger charge is -2.60. The zero-order valence-corrected chi connectivity index (χ0v) is 21.4. The van der Waals surface area contributed by atoms with Crippen molar-refractivity contribution in [3.05, 3.63) is 16.6 Å². The molecule has 2 saturated carbocycles. The van der Waals surface area contributed by atoms with E-state index in [0.717, 1.165) is 50.4 Å². The van der Waals surface area contributed by atoms with Gasteiger partial charge >= 0.3 is 0 Å². The van der Waals surface area contributed by atoms with Crippen molar-refractivity contribution in [2.24, 2.45) is 45.6 Å². The first-order valence-corrected chi connectivity index (χ1v) is 13.2. The average Bonchev–Trinajstić information content (AvgIpc) is 2.73. The van der Waals surface area contributed by atoms with Crippen LogP contribution in [-0.4, -0.2) is 16.7 Å². The minimum absolute atomic E-state index is 0.141. The topological polar surface area (TPSA) is 49.7 Å². The summed E-state index contributed by atoms with van der Waals surface area (Å²) in [5.74, 6) is 3.00. The largest absolute Gasteiger partial charge is 0.393 e. The van der Waals surface area contributed by atoms with Crippen LogP contribution < -0.4 is 0 Å². The van der Waals surface area contributed by atoms with Crippen LogP contribution in [0.2, 0.25) is 0 Å². The van der Waals surface area contributed by atoms with Gasteiger partial charge in [-0.05, 0) is 92.3 Å². The summed E-state index contributed by atoms with van der Waals surface area (Å²) in [6.07, 6.45) is 13.3. The van der Waals surface area contributed by atoms with Crippen LogP contribution in [-0.2, 0) is 0 Å². The summed E-state index contributed by atoms with van der Waals surface area (Å²) in [5, 5.41) is 14.0. The van der Waals surface area contributed by atoms with E-state index in [-0.39, 0.29) is 16.9 Å². The first-order valence-electron chi connectivity index (χ1n) is 13.2. The number of aliphatic hydroxyl groups excluding tert-OH is 1. The molecule has 31 heavy (non-hydrogen) atoms. The molecule has 5 unspecified atom stereocenters. The molecule has 0 spiro atoms. The van der Waals surface area contributed by atoms with E-state index in [2.05, 4.69) is 59.7 Å². The molecular formula is C28H49NO2. The summed E-state index contributed by atoms with van der Waals surface area (Å²) in [5.41, 5.74) is 1.48. The van der Waals surface area contributed by atoms with Crippen LogP contribution in [0.15, 0.2) is 16.8 Å². The van der Waals surface area contributed by atoms with Crippen LogP contribution in [0.3, 0.4) is 0 Å². The average molecular weight is 432 g/mol. The van der Waals surface area contributed by atoms with Gasteiger partial charge in [-0.3, -0.25) is 0 Å². The Hall–Kier alpha value is -0.700. The summed E-state index contributed by atoms with van der Waals surface area (Å²) in [4.78, 5) is 12.2. The molecule has 178 valence electrons. The second-order valence-electron chi connectivity index (χ2n) is 12.7. The smallest absolute Gasteiger partial charge is 0.103 e. The van der Waals surface area contributed by atoms with E-state index in [0.29, 0.717) is 17.8 Å². The molecule has 0 bridgehead atoms. The van der Waals surface area contributed by atoms with Gasteiger partial charge in [0.15, 0.2) is 0 Å². The van der Waals surface area contributed by atoms with Crippen LogP contribution in [0.5, 0.6) is 0 Å². The third-order valence-corrected chi connectivity index (χ3v) is 10.7. The number of aliphatic hydroxyl groups is 1. The number of allylic oxidation sites excluding steroid dienone is 1. The molecule has 0 radical (unpaired) electrons. The van der Waals surface area contributed by atoms with E-state index in [4.69, 9.17) is 0 Å². The summed E-state index contributed by atoms with van der Waals surface area (Å²) >= 11 is 0. The summed E-state index contributed by atoms with van der Waals surface area (Å²) in [6, 6.07) is 0. The molecule has 0 aromatic carbocycles. The van der Waals surface area contributed by atoms with Crippen molar-refractivity contribution in [3.8, 4) is 0 Å². The molecule has 2 fully saturated rings. The van der Waals surface area contributed by atoms with Crippen LogP contribution in [0.25, 0.3) is 0 Å². The van der Waals surface area contributed by atoms with Crippen molar-refractivity contribution in [1.29, 1.82) is 0 Å². The van der Waals surface area contributed by atoms with Crippen molar-refractivity contribution in [1.82, 2.24) is 0 Å². The zero-order chi connectivity index (χ0) is 23.0. The van der Waals surface area contributed by atoms with E-state index in [9.17, 15) is 10.0 Å². The van der Waals surface area contributed by atoms with Gasteiger partial charge in [0.05, 0.1) is 6.10 Å². The second kappa shape index (κ2) is 9.27. The molecule has 0 heterocycles. The summed E-state index contributed by atoms with van der Waals surface area (Å²) in [6.45, 7) is 16.4. The Kier molecular flexibility index (Phi) is 7.46. The number of nitroso groups, excluding NO2 is 1. The van der Waals surface area contributed by atoms with E-state index >= 15 is 0 Å². The van der Waals surface area contributed by atoms with Crippen molar-refractivity contribution in [2.45, 2.75) is 124 Å². The third-order valence-electron chi connectivity index (χ3n) is 10.7. The fourth-order valence-electron chi connectivity index (χ4n) is 7.84. The lowest BCUT2D eigenvalue weighted by molar-refractivity contribution is -0.0792. The van der Waals surface area contributed by atoms with Crippen LogP contribution >= 0.6 is 0 Å². The Morgan fingerprint density at radius 2 is 1.90 bits per heavy atom. The first-order chi connectivity index (χ1) is 14.5. The highest BCUT2D eigenvalue weighted by Gasteiger charge is 2.57. The number of rotatable bonds is 8. The lowest BCUT2D eigenvalue weighted by atomic mass is 9.45. The predicted molar refractivity (Wildman–Crippen MR) is 131 cm³/mol. The zero-order valence-electron chi connectivity index (χ0n) is 21.4. The fraction of sp³-hybridized carbons (Fsp3) is 0.929. The van der Waals surface area contributed by atoms with Gasteiger partial charge in [-0.15, -0.1) is 0 Å². The van der Waals surface area contributed by atoms with Gasteiger partial charge in [0.1, 0.15) is 5.54 Å². The minimum atomic E-state index is -0.471. The molecule has 3 aliphatic carbocycles. The molecule has 3 rings (SSSR count). The molecule has 0 aromatic rings. The van der Waals surface area contributed by atoms with Gasteiger partial charge in [-0.25, -0.2) is 0 Å². The highest BCUT2D eigenvalue weighted by Crippen LogP contribution is 2.63. The van der Waals surface area contributed by atoms with Gasteiger partial charge < -0.3 is 5.11 Å². The van der Waals surface area contributed by atoms with Crippen molar-refractivity contribution in [3.63, 3.8) is 0 Å². The van der Waals surface area contributed by atoms with Crippen LogP contribution in [0.1, 0.15) is 113 Å². The van der Waals surface area contributed by atoms with Gasteiger partial charge in [-0.1, -0.05) is 77.6 Å². The molecule has 3 heteroatoms. The van der Waals surface area contributed by atoms with Gasteiger partial charge in [0, 0.05) is 0 Å². The normalized spacial score (nSPS) is 41.0. The van der Waals surface area contributed by atoms with Crippen molar-refractivity contribution < 1.29 is 5.11 Å². The van der Waals surface area contributed by atoms with Crippen LogP contribution in [0, 0.1) is 45.3 Å². The summed E-state index contributed by atoms with van der Waals surface area (Å²) in [7, 11) is 0. The number of hydrogen-bond donors (Lipinski definition) is 1. The Morgan fingerprint density at radius 3 is 2.55 bits per heavy atom. The van der Waals surface area contributed by atoms with E-state index in [1.165, 1.54) is 31.3 Å². The Balaban J connectivity index is 1.76. The maximum Gasteiger partial charge on any atom is 0.103 e. The van der Waals surface area contributed by atoms with Gasteiger partial charge in [0.25, 0.3) is 0 Å². The number of unbranched alkanes of at least 4 members (excludes halogenated alkanes) is 1. The third kappa shape index (κ3) is 4.55. The van der Waals surface area contributed by atoms with Crippen LogP contribution in [0.4, 0.5) is 0 Å². The van der Waals surface area contributed by atoms with Crippen molar-refractivity contribution in [2.75, 3.05) is 0 Å². The predicted octanol–water partition coefficient (Wildman–Crippen LogP) is 7.91. The standard InChI is InChI=1S/C28H49NO2/c1-19(2)10-8-9-15-28(7,29-31)21(4)26(5)17-14-25-24(20(26)3)12-11-22-18-23(30)13-16-27(22,25)6/h11,19-21,23-25,30H,8-10,12-18H2,1-7H3/t20?,21?,23-,24?,25?,26-,27-,28?/m0/s1. The molecule has 0 saturated heterocycles. The second-order valence-corrected chi connectivity index (χ2v) is 12.7. The molecule has 0 amide bonds. The molecule has 3 nitrogen and oxygen atoms in total. The number of nitrogens with zero attached hydrogens (tertiary/aromatic N) is 1. The summed E-state index contributed by atoms with van der Waals surface area (Å²) < 4.78 is 0. The molecule has 1 N–H and O–H groups in total. The van der Waals surface area contributed by atoms with Gasteiger partial charge in [-0.2, -0.15) is 4.91 Å². The molecule has 3 aliphatic rings. The monoisotopic (exact) mass is 431 g/mol. The first kappa shape index (κ1) is 24.9. The quantitative estimate of drug-likeness (QED) is 0.241. The van der Waals surface area contributed by atoms with E-state index in [1.807, 2.05) is 0 Å². The molecule has 0 aromatic heterocycles. The molecule has 8 atom stereocenters.